The van der Waals surface area contributed by atoms with Crippen molar-refractivity contribution in [1.29, 1.82) is 0 Å². The number of carbonyl (C=O) groups excluding carboxylic acids is 1. The number of piperidine rings is 1. The standard InChI is InChI=1S/C25H32N2O2/c1-25(29)16-18-27(17-8-11-19-9-4-2-5-10-19)22(20-12-6-3-7-13-20)23(25)26-24(28)21-14-15-21/h2-7,9-10,12-13,21-23,29H,8,11,14-18H2,1H3,(H,26,28)/t22-,23-,25+/m0/s1. The van der Waals surface area contributed by atoms with Gasteiger partial charge in [-0.15, -0.1) is 0 Å². The van der Waals surface area contributed by atoms with Gasteiger partial charge in [-0.1, -0.05) is 60.7 Å². The van der Waals surface area contributed by atoms with Crippen molar-refractivity contribution in [3.63, 3.8) is 0 Å². The third-order valence-corrected chi connectivity index (χ3v) is 6.42. The maximum absolute atomic E-state index is 12.6. The Balaban J connectivity index is 1.53. The Morgan fingerprint density at radius 3 is 2.41 bits per heavy atom. The summed E-state index contributed by atoms with van der Waals surface area (Å²) in [6.07, 6.45) is 4.69. The molecule has 1 amide bonds. The second-order valence-corrected chi connectivity index (χ2v) is 8.85. The third-order valence-electron chi connectivity index (χ3n) is 6.42. The van der Waals surface area contributed by atoms with Crippen molar-refractivity contribution >= 4 is 5.91 Å². The quantitative estimate of drug-likeness (QED) is 0.755. The van der Waals surface area contributed by atoms with Crippen LogP contribution in [0.5, 0.6) is 0 Å². The van der Waals surface area contributed by atoms with E-state index >= 15 is 0 Å². The summed E-state index contributed by atoms with van der Waals surface area (Å²) < 4.78 is 0. The number of amides is 1. The molecule has 0 spiro atoms. The van der Waals surface area contributed by atoms with Crippen LogP contribution < -0.4 is 5.32 Å². The number of carbonyl (C=O) groups is 1. The van der Waals surface area contributed by atoms with Gasteiger partial charge in [0.05, 0.1) is 17.7 Å². The molecule has 0 unspecified atom stereocenters. The minimum absolute atomic E-state index is 0.0153. The first-order valence-corrected chi connectivity index (χ1v) is 10.9. The molecule has 29 heavy (non-hydrogen) atoms. The number of aliphatic hydroxyl groups is 1. The van der Waals surface area contributed by atoms with E-state index in [4.69, 9.17) is 0 Å². The fourth-order valence-corrected chi connectivity index (χ4v) is 4.50. The van der Waals surface area contributed by atoms with Crippen LogP contribution >= 0.6 is 0 Å². The zero-order chi connectivity index (χ0) is 20.3. The van der Waals surface area contributed by atoms with Gasteiger partial charge in [-0.05, 0) is 56.7 Å². The molecule has 154 valence electrons. The fraction of sp³-hybridized carbons (Fsp3) is 0.480. The minimum Gasteiger partial charge on any atom is -0.388 e. The average Bonchev–Trinajstić information content (AvgIpc) is 3.57. The summed E-state index contributed by atoms with van der Waals surface area (Å²) in [5.74, 6) is 0.234. The number of hydrogen-bond donors (Lipinski definition) is 2. The fourth-order valence-electron chi connectivity index (χ4n) is 4.50. The first-order chi connectivity index (χ1) is 14.0. The number of nitrogens with zero attached hydrogens (tertiary/aromatic N) is 1. The SMILES string of the molecule is C[C@@]1(O)CCN(CCCc2ccccc2)[C@@H](c2ccccc2)[C@@H]1NC(=O)C1CC1. The molecule has 2 aliphatic rings. The summed E-state index contributed by atoms with van der Waals surface area (Å²) in [5, 5.41) is 14.4. The van der Waals surface area contributed by atoms with E-state index in [2.05, 4.69) is 52.7 Å². The summed E-state index contributed by atoms with van der Waals surface area (Å²) in [6, 6.07) is 20.6. The Kier molecular flexibility index (Phi) is 6.02. The van der Waals surface area contributed by atoms with E-state index in [0.717, 1.165) is 44.3 Å². The lowest BCUT2D eigenvalue weighted by atomic mass is 9.79. The summed E-state index contributed by atoms with van der Waals surface area (Å²) in [6.45, 7) is 3.65. The summed E-state index contributed by atoms with van der Waals surface area (Å²) in [7, 11) is 0. The number of hydrogen-bond acceptors (Lipinski definition) is 3. The molecular formula is C25H32N2O2. The molecule has 2 aromatic carbocycles. The van der Waals surface area contributed by atoms with E-state index in [0.29, 0.717) is 6.42 Å². The number of nitrogens with one attached hydrogen (secondary N) is 1. The highest BCUT2D eigenvalue weighted by molar-refractivity contribution is 5.81. The highest BCUT2D eigenvalue weighted by atomic mass is 16.3. The second kappa shape index (κ2) is 8.68. The maximum Gasteiger partial charge on any atom is 0.223 e. The molecule has 2 N–H and O–H groups in total. The Hall–Kier alpha value is -2.17. The van der Waals surface area contributed by atoms with E-state index in [-0.39, 0.29) is 23.9 Å². The lowest BCUT2D eigenvalue weighted by Gasteiger charge is -2.49. The van der Waals surface area contributed by atoms with E-state index in [9.17, 15) is 9.90 Å². The van der Waals surface area contributed by atoms with E-state index < -0.39 is 5.60 Å². The number of aryl methyl sites for hydroxylation is 1. The molecular weight excluding hydrogens is 360 g/mol. The number of rotatable bonds is 7. The van der Waals surface area contributed by atoms with Gasteiger partial charge in [-0.2, -0.15) is 0 Å². The van der Waals surface area contributed by atoms with Crippen LogP contribution in [0.2, 0.25) is 0 Å². The number of likely N-dealkylation sites (tertiary alicyclic amines) is 1. The largest absolute Gasteiger partial charge is 0.388 e. The second-order valence-electron chi connectivity index (χ2n) is 8.85. The number of benzene rings is 2. The first-order valence-electron chi connectivity index (χ1n) is 10.9. The van der Waals surface area contributed by atoms with Crippen LogP contribution in [0.25, 0.3) is 0 Å². The molecule has 2 aromatic rings. The molecule has 0 radical (unpaired) electrons. The van der Waals surface area contributed by atoms with Crippen molar-refractivity contribution in [1.82, 2.24) is 10.2 Å². The van der Waals surface area contributed by atoms with Crippen molar-refractivity contribution < 1.29 is 9.90 Å². The molecule has 0 aromatic heterocycles. The molecule has 1 saturated carbocycles. The Bertz CT molecular complexity index is 802. The molecule has 2 fully saturated rings. The highest BCUT2D eigenvalue weighted by Gasteiger charge is 2.47. The molecule has 4 rings (SSSR count). The topological polar surface area (TPSA) is 52.6 Å². The van der Waals surface area contributed by atoms with Crippen LogP contribution in [-0.4, -0.2) is 40.6 Å². The Morgan fingerprint density at radius 2 is 1.76 bits per heavy atom. The average molecular weight is 393 g/mol. The van der Waals surface area contributed by atoms with Gasteiger partial charge in [-0.25, -0.2) is 0 Å². The van der Waals surface area contributed by atoms with Gasteiger partial charge in [0.2, 0.25) is 5.91 Å². The molecule has 1 heterocycles. The van der Waals surface area contributed by atoms with Crippen LogP contribution in [0, 0.1) is 5.92 Å². The van der Waals surface area contributed by atoms with Crippen LogP contribution in [0.15, 0.2) is 60.7 Å². The monoisotopic (exact) mass is 392 g/mol. The molecule has 3 atom stereocenters. The Morgan fingerprint density at radius 1 is 1.10 bits per heavy atom. The van der Waals surface area contributed by atoms with Gasteiger partial charge >= 0.3 is 0 Å². The molecule has 1 aliphatic heterocycles. The predicted molar refractivity (Wildman–Crippen MR) is 115 cm³/mol. The lowest BCUT2D eigenvalue weighted by molar-refractivity contribution is -0.129. The van der Waals surface area contributed by atoms with Crippen molar-refractivity contribution in [2.75, 3.05) is 13.1 Å². The van der Waals surface area contributed by atoms with Crippen molar-refractivity contribution in [2.24, 2.45) is 5.92 Å². The van der Waals surface area contributed by atoms with Gasteiger partial charge in [0, 0.05) is 12.5 Å². The summed E-state index contributed by atoms with van der Waals surface area (Å²) in [5.41, 5.74) is 1.60. The normalized spacial score (nSPS) is 27.5. The van der Waals surface area contributed by atoms with Crippen molar-refractivity contribution in [3.05, 3.63) is 71.8 Å². The van der Waals surface area contributed by atoms with Crippen molar-refractivity contribution in [2.45, 2.75) is 56.7 Å². The lowest BCUT2D eigenvalue weighted by Crippen LogP contribution is -2.62. The third kappa shape index (κ3) is 4.88. The summed E-state index contributed by atoms with van der Waals surface area (Å²) in [4.78, 5) is 15.1. The zero-order valence-electron chi connectivity index (χ0n) is 17.3. The Labute approximate surface area is 173 Å². The van der Waals surface area contributed by atoms with Gasteiger partial charge < -0.3 is 10.4 Å². The van der Waals surface area contributed by atoms with E-state index in [1.54, 1.807) is 0 Å². The predicted octanol–water partition coefficient (Wildman–Crippen LogP) is 3.71. The van der Waals surface area contributed by atoms with Crippen LogP contribution in [0.4, 0.5) is 0 Å². The molecule has 1 saturated heterocycles. The molecule has 0 bridgehead atoms. The first kappa shape index (κ1) is 20.1. The minimum atomic E-state index is -0.916. The van der Waals surface area contributed by atoms with Crippen molar-refractivity contribution in [3.8, 4) is 0 Å². The van der Waals surface area contributed by atoms with Gasteiger partial charge in [0.25, 0.3) is 0 Å². The van der Waals surface area contributed by atoms with Gasteiger partial charge in [0.1, 0.15) is 0 Å². The maximum atomic E-state index is 12.6. The molecule has 4 nitrogen and oxygen atoms in total. The van der Waals surface area contributed by atoms with E-state index in [1.807, 2.05) is 25.1 Å². The van der Waals surface area contributed by atoms with E-state index in [1.165, 1.54) is 5.56 Å². The molecule has 1 aliphatic carbocycles. The van der Waals surface area contributed by atoms with Crippen LogP contribution in [0.1, 0.15) is 49.8 Å². The zero-order valence-corrected chi connectivity index (χ0v) is 17.3. The molecule has 4 heteroatoms. The van der Waals surface area contributed by atoms with Crippen LogP contribution in [0.3, 0.4) is 0 Å². The van der Waals surface area contributed by atoms with Gasteiger partial charge in [-0.3, -0.25) is 9.69 Å². The summed E-state index contributed by atoms with van der Waals surface area (Å²) >= 11 is 0. The van der Waals surface area contributed by atoms with Gasteiger partial charge in [0.15, 0.2) is 0 Å². The highest BCUT2D eigenvalue weighted by Crippen LogP contribution is 2.38. The van der Waals surface area contributed by atoms with Crippen LogP contribution in [-0.2, 0) is 11.2 Å². The smallest absolute Gasteiger partial charge is 0.223 e.